The van der Waals surface area contributed by atoms with Crippen molar-refractivity contribution in [1.82, 2.24) is 0 Å². The number of anilines is 3. The normalized spacial score (nSPS) is 10.8. The predicted molar refractivity (Wildman–Crippen MR) is 97.2 cm³/mol. The van der Waals surface area contributed by atoms with Crippen molar-refractivity contribution >= 4 is 48.6 Å². The topological polar surface area (TPSA) is 78.1 Å². The summed E-state index contributed by atoms with van der Waals surface area (Å²) in [6, 6.07) is 24.2. The molecule has 0 aliphatic heterocycles. The number of nitrogen functional groups attached to an aromatic ring is 3. The number of hydrogen-bond donors (Lipinski definition) is 3. The molecule has 0 radical (unpaired) electrons. The van der Waals surface area contributed by atoms with Crippen LogP contribution < -0.4 is 27.0 Å². The van der Waals surface area contributed by atoms with Gasteiger partial charge in [0.15, 0.2) is 0 Å². The molecular formula is C18H18BiN3. The zero-order chi connectivity index (χ0) is 15.5. The van der Waals surface area contributed by atoms with Crippen LogP contribution in [0.5, 0.6) is 0 Å². The van der Waals surface area contributed by atoms with Gasteiger partial charge in [-0.15, -0.1) is 0 Å². The van der Waals surface area contributed by atoms with Crippen LogP contribution in [0, 0.1) is 0 Å². The standard InChI is InChI=1S/3C6H6N.Bi/c3*7-6-4-2-1-3-5-6;/h3*1-4H,7H2;. The van der Waals surface area contributed by atoms with Crippen molar-refractivity contribution < 1.29 is 0 Å². The van der Waals surface area contributed by atoms with E-state index in [0.29, 0.717) is 0 Å². The van der Waals surface area contributed by atoms with Crippen molar-refractivity contribution in [2.24, 2.45) is 0 Å². The van der Waals surface area contributed by atoms with Crippen LogP contribution in [0.2, 0.25) is 0 Å². The van der Waals surface area contributed by atoms with Crippen LogP contribution in [0.3, 0.4) is 0 Å². The van der Waals surface area contributed by atoms with Crippen LogP contribution >= 0.6 is 0 Å². The van der Waals surface area contributed by atoms with Gasteiger partial charge >= 0.3 is 139 Å². The summed E-state index contributed by atoms with van der Waals surface area (Å²) >= 11 is -2.61. The molecule has 0 atom stereocenters. The Morgan fingerprint density at radius 2 is 0.727 bits per heavy atom. The molecule has 0 aromatic heterocycles. The van der Waals surface area contributed by atoms with Crippen LogP contribution in [0.1, 0.15) is 0 Å². The van der Waals surface area contributed by atoms with Gasteiger partial charge in [0.05, 0.1) is 0 Å². The van der Waals surface area contributed by atoms with E-state index in [-0.39, 0.29) is 0 Å². The summed E-state index contributed by atoms with van der Waals surface area (Å²) in [5, 5.41) is 0. The average Bonchev–Trinajstić information content (AvgIpc) is 2.53. The first kappa shape index (κ1) is 14.9. The van der Waals surface area contributed by atoms with E-state index in [1.54, 1.807) is 0 Å². The van der Waals surface area contributed by atoms with Crippen molar-refractivity contribution in [1.29, 1.82) is 0 Å². The summed E-state index contributed by atoms with van der Waals surface area (Å²) in [5.41, 5.74) is 21.3. The number of nitrogens with two attached hydrogens (primary N) is 3. The van der Waals surface area contributed by atoms with Gasteiger partial charge < -0.3 is 0 Å². The van der Waals surface area contributed by atoms with E-state index in [1.807, 2.05) is 54.6 Å². The molecule has 6 N–H and O–H groups in total. The van der Waals surface area contributed by atoms with Gasteiger partial charge in [-0.1, -0.05) is 0 Å². The maximum atomic E-state index is 6.27. The van der Waals surface area contributed by atoms with Crippen molar-refractivity contribution in [3.63, 3.8) is 0 Å². The number of hydrogen-bond acceptors (Lipinski definition) is 3. The first-order valence-electron chi connectivity index (χ1n) is 7.02. The van der Waals surface area contributed by atoms with Gasteiger partial charge in [-0.05, 0) is 0 Å². The molecule has 22 heavy (non-hydrogen) atoms. The minimum atomic E-state index is -2.61. The Balaban J connectivity index is 2.27. The van der Waals surface area contributed by atoms with Crippen LogP contribution in [-0.4, -0.2) is 21.8 Å². The van der Waals surface area contributed by atoms with E-state index in [9.17, 15) is 0 Å². The van der Waals surface area contributed by atoms with E-state index in [0.717, 1.165) is 17.1 Å². The van der Waals surface area contributed by atoms with Gasteiger partial charge in [0.2, 0.25) is 0 Å². The molecule has 110 valence electrons. The molecule has 0 fully saturated rings. The number of benzene rings is 3. The van der Waals surface area contributed by atoms with Gasteiger partial charge in [-0.25, -0.2) is 0 Å². The first-order valence-corrected chi connectivity index (χ1v) is 12.2. The number of rotatable bonds is 3. The average molecular weight is 485 g/mol. The van der Waals surface area contributed by atoms with E-state index < -0.39 is 21.8 Å². The molecule has 0 unspecified atom stereocenters. The monoisotopic (exact) mass is 485 g/mol. The van der Waals surface area contributed by atoms with Gasteiger partial charge in [0.25, 0.3) is 0 Å². The maximum absolute atomic E-state index is 6.27. The Morgan fingerprint density at radius 1 is 0.455 bits per heavy atom. The molecule has 3 nitrogen and oxygen atoms in total. The molecule has 4 heteroatoms. The predicted octanol–water partition coefficient (Wildman–Crippen LogP) is 0.949. The van der Waals surface area contributed by atoms with Gasteiger partial charge in [0.1, 0.15) is 0 Å². The molecule has 0 aliphatic carbocycles. The van der Waals surface area contributed by atoms with Crippen molar-refractivity contribution in [3.05, 3.63) is 72.8 Å². The van der Waals surface area contributed by atoms with Crippen LogP contribution in [0.4, 0.5) is 17.1 Å². The Hall–Kier alpha value is -2.06. The van der Waals surface area contributed by atoms with Crippen molar-refractivity contribution in [2.75, 3.05) is 17.2 Å². The second-order valence-corrected chi connectivity index (χ2v) is 13.2. The zero-order valence-electron chi connectivity index (χ0n) is 12.1. The molecule has 0 aliphatic rings. The summed E-state index contributed by atoms with van der Waals surface area (Å²) in [5.74, 6) is 0. The quantitative estimate of drug-likeness (QED) is 0.382. The molecule has 0 saturated carbocycles. The molecule has 0 amide bonds. The van der Waals surface area contributed by atoms with Crippen molar-refractivity contribution in [3.8, 4) is 0 Å². The molecule has 0 spiro atoms. The third kappa shape index (κ3) is 2.79. The van der Waals surface area contributed by atoms with Crippen LogP contribution in [0.25, 0.3) is 0 Å². The Kier molecular flexibility index (Phi) is 4.30. The summed E-state index contributed by atoms with van der Waals surface area (Å²) in [6.07, 6.45) is 0. The van der Waals surface area contributed by atoms with E-state index in [2.05, 4.69) is 18.2 Å². The summed E-state index contributed by atoms with van der Waals surface area (Å²) in [7, 11) is 0. The third-order valence-electron chi connectivity index (χ3n) is 3.53. The Labute approximate surface area is 138 Å². The second-order valence-electron chi connectivity index (χ2n) is 5.01. The fraction of sp³-hybridized carbons (Fsp3) is 0. The van der Waals surface area contributed by atoms with Crippen LogP contribution in [0.15, 0.2) is 72.8 Å². The molecule has 3 aromatic carbocycles. The molecule has 3 rings (SSSR count). The fourth-order valence-corrected chi connectivity index (χ4v) is 12.1. The van der Waals surface area contributed by atoms with E-state index >= 15 is 0 Å². The number of para-hydroxylation sites is 3. The first-order chi connectivity index (χ1) is 10.7. The molecular weight excluding hydrogens is 467 g/mol. The molecule has 0 bridgehead atoms. The van der Waals surface area contributed by atoms with E-state index in [1.165, 1.54) is 9.81 Å². The minimum absolute atomic E-state index is 0.826. The Morgan fingerprint density at radius 3 is 1.00 bits per heavy atom. The van der Waals surface area contributed by atoms with Gasteiger partial charge in [-0.3, -0.25) is 0 Å². The van der Waals surface area contributed by atoms with Crippen molar-refractivity contribution in [2.45, 2.75) is 0 Å². The summed E-state index contributed by atoms with van der Waals surface area (Å²) in [6.45, 7) is 0. The molecule has 3 aromatic rings. The molecule has 0 saturated heterocycles. The molecule has 0 heterocycles. The van der Waals surface area contributed by atoms with Gasteiger partial charge in [0, 0.05) is 0 Å². The van der Waals surface area contributed by atoms with Crippen LogP contribution in [-0.2, 0) is 0 Å². The third-order valence-corrected chi connectivity index (χ3v) is 13.9. The fourth-order valence-electron chi connectivity index (χ4n) is 2.46. The summed E-state index contributed by atoms with van der Waals surface area (Å²) < 4.78 is 3.65. The zero-order valence-corrected chi connectivity index (χ0v) is 15.6. The van der Waals surface area contributed by atoms with E-state index in [4.69, 9.17) is 17.2 Å². The second kappa shape index (κ2) is 6.37. The Bertz CT molecular complexity index is 693. The SMILES string of the molecule is Nc1cccc[c]1[Bi]([c]1ccccc1N)[c]1ccccc1N. The van der Waals surface area contributed by atoms with Gasteiger partial charge in [-0.2, -0.15) is 0 Å². The summed E-state index contributed by atoms with van der Waals surface area (Å²) in [4.78, 5) is 0.